The van der Waals surface area contributed by atoms with Gasteiger partial charge >= 0.3 is 0 Å². The lowest BCUT2D eigenvalue weighted by Gasteiger charge is -2.15. The number of nitrogens with one attached hydrogen (secondary N) is 1. The highest BCUT2D eigenvalue weighted by molar-refractivity contribution is 6.04. The second kappa shape index (κ2) is 6.28. The van der Waals surface area contributed by atoms with Gasteiger partial charge in [-0.25, -0.2) is 4.98 Å². The Kier molecular flexibility index (Phi) is 4.45. The molecule has 0 bridgehead atoms. The van der Waals surface area contributed by atoms with Crippen LogP contribution >= 0.6 is 0 Å². The van der Waals surface area contributed by atoms with Crippen molar-refractivity contribution in [1.82, 2.24) is 4.98 Å². The minimum atomic E-state index is -0.659. The van der Waals surface area contributed by atoms with E-state index in [1.54, 1.807) is 0 Å². The molecule has 1 unspecified atom stereocenters. The summed E-state index contributed by atoms with van der Waals surface area (Å²) < 4.78 is 13.0. The summed E-state index contributed by atoms with van der Waals surface area (Å²) >= 11 is 0. The lowest BCUT2D eigenvalue weighted by Crippen LogP contribution is -2.14. The third kappa shape index (κ3) is 3.20. The molecular formula is C16H17FN2O. The predicted octanol–water partition coefficient (Wildman–Crippen LogP) is 3.99. The average Bonchev–Trinajstić information content (AvgIpc) is 2.47. The van der Waals surface area contributed by atoms with E-state index < -0.39 is 5.95 Å². The molecule has 1 aromatic heterocycles. The van der Waals surface area contributed by atoms with Crippen molar-refractivity contribution in [1.29, 1.82) is 0 Å². The van der Waals surface area contributed by atoms with Crippen molar-refractivity contribution >= 4 is 11.6 Å². The number of nitrogens with zero attached hydrogens (tertiary/aromatic N) is 1. The van der Waals surface area contributed by atoms with Gasteiger partial charge in [-0.2, -0.15) is 4.39 Å². The van der Waals surface area contributed by atoms with Crippen molar-refractivity contribution in [3.05, 3.63) is 59.7 Å². The first-order valence-electron chi connectivity index (χ1n) is 6.63. The Morgan fingerprint density at radius 3 is 2.80 bits per heavy atom. The van der Waals surface area contributed by atoms with Gasteiger partial charge in [0.05, 0.1) is 0 Å². The van der Waals surface area contributed by atoms with E-state index >= 15 is 0 Å². The molecule has 20 heavy (non-hydrogen) atoms. The summed E-state index contributed by atoms with van der Waals surface area (Å²) in [6.45, 7) is 4.21. The molecule has 1 amide bonds. The summed E-state index contributed by atoms with van der Waals surface area (Å²) in [4.78, 5) is 15.6. The Labute approximate surface area is 117 Å². The van der Waals surface area contributed by atoms with Gasteiger partial charge in [-0.15, -0.1) is 0 Å². The van der Waals surface area contributed by atoms with Crippen LogP contribution in [0.1, 0.15) is 42.1 Å². The number of carbonyl (C=O) groups excluding carboxylic acids is 1. The number of hydrogen-bond donors (Lipinski definition) is 1. The van der Waals surface area contributed by atoms with Crippen molar-refractivity contribution in [3.8, 4) is 0 Å². The van der Waals surface area contributed by atoms with E-state index in [1.165, 1.54) is 12.3 Å². The molecule has 1 aromatic carbocycles. The summed E-state index contributed by atoms with van der Waals surface area (Å²) in [7, 11) is 0. The van der Waals surface area contributed by atoms with E-state index in [0.717, 1.165) is 23.7 Å². The summed E-state index contributed by atoms with van der Waals surface area (Å²) in [5.74, 6) is -0.643. The highest BCUT2D eigenvalue weighted by atomic mass is 19.1. The van der Waals surface area contributed by atoms with Gasteiger partial charge in [0.2, 0.25) is 5.95 Å². The Balaban J connectivity index is 2.24. The maximum absolute atomic E-state index is 13.0. The first-order chi connectivity index (χ1) is 9.61. The van der Waals surface area contributed by atoms with Crippen LogP contribution in [-0.4, -0.2) is 10.9 Å². The van der Waals surface area contributed by atoms with E-state index in [1.807, 2.05) is 24.3 Å². The quantitative estimate of drug-likeness (QED) is 0.855. The number of benzene rings is 1. The molecule has 0 spiro atoms. The fourth-order valence-electron chi connectivity index (χ4n) is 2.00. The second-order valence-corrected chi connectivity index (χ2v) is 4.72. The van der Waals surface area contributed by atoms with Crippen molar-refractivity contribution in [2.75, 3.05) is 5.32 Å². The molecule has 0 aliphatic carbocycles. The molecule has 0 aliphatic rings. The molecule has 104 valence electrons. The van der Waals surface area contributed by atoms with Crippen molar-refractivity contribution < 1.29 is 9.18 Å². The van der Waals surface area contributed by atoms with Gasteiger partial charge in [0, 0.05) is 23.5 Å². The van der Waals surface area contributed by atoms with Crippen LogP contribution in [-0.2, 0) is 0 Å². The van der Waals surface area contributed by atoms with Crippen molar-refractivity contribution in [2.24, 2.45) is 0 Å². The molecule has 2 aromatic rings. The van der Waals surface area contributed by atoms with Crippen molar-refractivity contribution in [2.45, 2.75) is 26.2 Å². The van der Waals surface area contributed by atoms with E-state index in [-0.39, 0.29) is 11.5 Å². The first kappa shape index (κ1) is 14.2. The minimum absolute atomic E-state index is 0.261. The molecular weight excluding hydrogens is 255 g/mol. The number of para-hydroxylation sites is 1. The van der Waals surface area contributed by atoms with Crippen LogP contribution in [0.25, 0.3) is 0 Å². The Morgan fingerprint density at radius 1 is 1.35 bits per heavy atom. The lowest BCUT2D eigenvalue weighted by molar-refractivity contribution is 0.102. The Morgan fingerprint density at radius 2 is 2.10 bits per heavy atom. The molecule has 0 fully saturated rings. The topological polar surface area (TPSA) is 42.0 Å². The van der Waals surface area contributed by atoms with Crippen LogP contribution in [0.5, 0.6) is 0 Å². The molecule has 1 atom stereocenters. The van der Waals surface area contributed by atoms with Gasteiger partial charge in [-0.3, -0.25) is 4.79 Å². The fourth-order valence-corrected chi connectivity index (χ4v) is 2.00. The molecule has 2 rings (SSSR count). The molecule has 1 heterocycles. The number of hydrogen-bond acceptors (Lipinski definition) is 2. The van der Waals surface area contributed by atoms with Crippen LogP contribution in [0.2, 0.25) is 0 Å². The predicted molar refractivity (Wildman–Crippen MR) is 77.3 cm³/mol. The largest absolute Gasteiger partial charge is 0.322 e. The maximum Gasteiger partial charge on any atom is 0.255 e. The first-order valence-corrected chi connectivity index (χ1v) is 6.63. The van der Waals surface area contributed by atoms with Gasteiger partial charge < -0.3 is 5.32 Å². The third-order valence-electron chi connectivity index (χ3n) is 3.34. The number of amides is 1. The van der Waals surface area contributed by atoms with Gasteiger partial charge in [0.15, 0.2) is 0 Å². The second-order valence-electron chi connectivity index (χ2n) is 4.72. The zero-order valence-electron chi connectivity index (χ0n) is 11.6. The standard InChI is InChI=1S/C16H17FN2O/c1-3-11(2)13-6-4-5-7-14(13)19-16(20)12-8-9-18-15(17)10-12/h4-11H,3H2,1-2H3,(H,19,20). The van der Waals surface area contributed by atoms with E-state index in [2.05, 4.69) is 24.1 Å². The minimum Gasteiger partial charge on any atom is -0.322 e. The van der Waals surface area contributed by atoms with Gasteiger partial charge in [-0.05, 0) is 30.0 Å². The molecule has 1 N–H and O–H groups in total. The molecule has 4 heteroatoms. The average molecular weight is 272 g/mol. The van der Waals surface area contributed by atoms with Gasteiger partial charge in [0.1, 0.15) is 0 Å². The summed E-state index contributed by atoms with van der Waals surface area (Å²) in [5.41, 5.74) is 2.11. The van der Waals surface area contributed by atoms with Crippen LogP contribution in [0.4, 0.5) is 10.1 Å². The molecule has 0 saturated heterocycles. The van der Waals surface area contributed by atoms with Crippen LogP contribution in [0.15, 0.2) is 42.6 Å². The number of anilines is 1. The molecule has 0 radical (unpaired) electrons. The summed E-state index contributed by atoms with van der Waals surface area (Å²) in [5, 5.41) is 2.84. The number of carbonyl (C=O) groups is 1. The molecule has 0 saturated carbocycles. The van der Waals surface area contributed by atoms with E-state index in [4.69, 9.17) is 0 Å². The van der Waals surface area contributed by atoms with Crippen LogP contribution < -0.4 is 5.32 Å². The zero-order valence-corrected chi connectivity index (χ0v) is 11.6. The van der Waals surface area contributed by atoms with E-state index in [0.29, 0.717) is 5.92 Å². The third-order valence-corrected chi connectivity index (χ3v) is 3.34. The smallest absolute Gasteiger partial charge is 0.255 e. The lowest BCUT2D eigenvalue weighted by atomic mass is 9.97. The fraction of sp³-hybridized carbons (Fsp3) is 0.250. The molecule has 3 nitrogen and oxygen atoms in total. The monoisotopic (exact) mass is 272 g/mol. The van der Waals surface area contributed by atoms with Crippen molar-refractivity contribution in [3.63, 3.8) is 0 Å². The Hall–Kier alpha value is -2.23. The van der Waals surface area contributed by atoms with Crippen LogP contribution in [0, 0.1) is 5.95 Å². The van der Waals surface area contributed by atoms with E-state index in [9.17, 15) is 9.18 Å². The van der Waals surface area contributed by atoms with Gasteiger partial charge in [-0.1, -0.05) is 32.0 Å². The summed E-state index contributed by atoms with van der Waals surface area (Å²) in [6.07, 6.45) is 2.27. The number of halogens is 1. The number of pyridine rings is 1. The van der Waals surface area contributed by atoms with Gasteiger partial charge in [0.25, 0.3) is 5.91 Å². The van der Waals surface area contributed by atoms with Crippen LogP contribution in [0.3, 0.4) is 0 Å². The highest BCUT2D eigenvalue weighted by Crippen LogP contribution is 2.26. The normalized spacial score (nSPS) is 11.9. The number of rotatable bonds is 4. The zero-order chi connectivity index (χ0) is 14.5. The number of aromatic nitrogens is 1. The Bertz CT molecular complexity index is 613. The molecule has 0 aliphatic heterocycles. The maximum atomic E-state index is 13.0. The SMILES string of the molecule is CCC(C)c1ccccc1NC(=O)c1ccnc(F)c1. The highest BCUT2D eigenvalue weighted by Gasteiger charge is 2.12. The summed E-state index contributed by atoms with van der Waals surface area (Å²) in [6, 6.07) is 10.3.